The molecule has 7 heteroatoms. The molecule has 0 radical (unpaired) electrons. The van der Waals surface area contributed by atoms with Gasteiger partial charge in [-0.15, -0.1) is 0 Å². The van der Waals surface area contributed by atoms with Crippen molar-refractivity contribution in [2.45, 2.75) is 19.3 Å². The van der Waals surface area contributed by atoms with Crippen LogP contribution in [-0.4, -0.2) is 53.0 Å². The standard InChI is InChI=1S/C14H20N4O3/c15-12-5-4-11(10-16-12)17-6-8-18(9-7-17)13(19)2-1-3-14(20)21/h4-5,10H,1-3,6-9H2,(H2,15,16)(H,20,21). The van der Waals surface area contributed by atoms with Crippen molar-refractivity contribution in [1.29, 1.82) is 0 Å². The molecule has 2 heterocycles. The number of hydrogen-bond donors (Lipinski definition) is 2. The maximum Gasteiger partial charge on any atom is 0.303 e. The summed E-state index contributed by atoms with van der Waals surface area (Å²) in [5, 5.41) is 8.57. The number of pyridine rings is 1. The predicted octanol–water partition coefficient (Wildman–Crippen LogP) is 0.567. The molecule has 1 aromatic rings. The average Bonchev–Trinajstić information content (AvgIpc) is 2.48. The maximum atomic E-state index is 12.0. The van der Waals surface area contributed by atoms with Gasteiger partial charge >= 0.3 is 5.97 Å². The number of carboxylic acid groups (broad SMARTS) is 1. The number of rotatable bonds is 5. The number of carbonyl (C=O) groups is 2. The van der Waals surface area contributed by atoms with E-state index >= 15 is 0 Å². The van der Waals surface area contributed by atoms with Crippen LogP contribution in [0.2, 0.25) is 0 Å². The van der Waals surface area contributed by atoms with Crippen LogP contribution in [-0.2, 0) is 9.59 Å². The van der Waals surface area contributed by atoms with Gasteiger partial charge in [0.25, 0.3) is 0 Å². The van der Waals surface area contributed by atoms with Gasteiger partial charge in [-0.25, -0.2) is 4.98 Å². The molecule has 0 bridgehead atoms. The van der Waals surface area contributed by atoms with Gasteiger partial charge in [0.05, 0.1) is 11.9 Å². The molecule has 0 atom stereocenters. The van der Waals surface area contributed by atoms with Crippen LogP contribution in [0.15, 0.2) is 18.3 Å². The maximum absolute atomic E-state index is 12.0. The average molecular weight is 292 g/mol. The Hall–Kier alpha value is -2.31. The molecule has 0 aliphatic carbocycles. The first-order valence-electron chi connectivity index (χ1n) is 7.02. The van der Waals surface area contributed by atoms with E-state index in [2.05, 4.69) is 9.88 Å². The van der Waals surface area contributed by atoms with E-state index in [9.17, 15) is 9.59 Å². The lowest BCUT2D eigenvalue weighted by Gasteiger charge is -2.36. The quantitative estimate of drug-likeness (QED) is 0.823. The Morgan fingerprint density at radius 2 is 1.90 bits per heavy atom. The number of nitrogen functional groups attached to an aromatic ring is 1. The molecule has 1 aliphatic heterocycles. The van der Waals surface area contributed by atoms with Crippen LogP contribution in [0.3, 0.4) is 0 Å². The van der Waals surface area contributed by atoms with Crippen LogP contribution in [0.4, 0.5) is 11.5 Å². The van der Waals surface area contributed by atoms with E-state index in [1.165, 1.54) is 0 Å². The topological polar surface area (TPSA) is 99.8 Å². The number of aliphatic carboxylic acids is 1. The van der Waals surface area contributed by atoms with Gasteiger partial charge in [0.15, 0.2) is 0 Å². The zero-order valence-electron chi connectivity index (χ0n) is 11.9. The SMILES string of the molecule is Nc1ccc(N2CCN(C(=O)CCCC(=O)O)CC2)cn1. The number of nitrogens with zero attached hydrogens (tertiary/aromatic N) is 3. The van der Waals surface area contributed by atoms with Crippen LogP contribution in [0, 0.1) is 0 Å². The summed E-state index contributed by atoms with van der Waals surface area (Å²) in [6.07, 6.45) is 2.48. The van der Waals surface area contributed by atoms with Crippen LogP contribution in [0.25, 0.3) is 0 Å². The molecule has 0 spiro atoms. The molecule has 0 saturated carbocycles. The molecule has 7 nitrogen and oxygen atoms in total. The normalized spacial score (nSPS) is 15.0. The molecule has 3 N–H and O–H groups in total. The summed E-state index contributed by atoms with van der Waals surface area (Å²) in [4.78, 5) is 30.4. The van der Waals surface area contributed by atoms with E-state index in [4.69, 9.17) is 10.8 Å². The number of hydrogen-bond acceptors (Lipinski definition) is 5. The summed E-state index contributed by atoms with van der Waals surface area (Å²) in [6, 6.07) is 3.69. The lowest BCUT2D eigenvalue weighted by atomic mass is 10.2. The number of nitrogens with two attached hydrogens (primary N) is 1. The molecule has 1 aliphatic rings. The number of anilines is 2. The summed E-state index contributed by atoms with van der Waals surface area (Å²) < 4.78 is 0. The van der Waals surface area contributed by atoms with Crippen LogP contribution < -0.4 is 10.6 Å². The molecule has 1 amide bonds. The Bertz CT molecular complexity index is 495. The molecule has 2 rings (SSSR count). The van der Waals surface area contributed by atoms with Gasteiger partial charge in [0.2, 0.25) is 5.91 Å². The first-order chi connectivity index (χ1) is 10.1. The minimum Gasteiger partial charge on any atom is -0.481 e. The summed E-state index contributed by atoms with van der Waals surface area (Å²) in [7, 11) is 0. The fourth-order valence-corrected chi connectivity index (χ4v) is 2.35. The summed E-state index contributed by atoms with van der Waals surface area (Å²) in [5.74, 6) is -0.333. The third kappa shape index (κ3) is 4.34. The Balaban J connectivity index is 1.78. The van der Waals surface area contributed by atoms with E-state index in [1.807, 2.05) is 6.07 Å². The van der Waals surface area contributed by atoms with Gasteiger partial charge in [-0.3, -0.25) is 9.59 Å². The van der Waals surface area contributed by atoms with E-state index < -0.39 is 5.97 Å². The zero-order chi connectivity index (χ0) is 15.2. The summed E-state index contributed by atoms with van der Waals surface area (Å²) in [6.45, 7) is 2.79. The molecule has 1 aromatic heterocycles. The highest BCUT2D eigenvalue weighted by atomic mass is 16.4. The molecule has 0 unspecified atom stereocenters. The third-order valence-electron chi connectivity index (χ3n) is 3.55. The minimum absolute atomic E-state index is 0.0336. The lowest BCUT2D eigenvalue weighted by Crippen LogP contribution is -2.48. The smallest absolute Gasteiger partial charge is 0.303 e. The molecule has 1 saturated heterocycles. The van der Waals surface area contributed by atoms with Crippen LogP contribution in [0.5, 0.6) is 0 Å². The second-order valence-corrected chi connectivity index (χ2v) is 5.06. The van der Waals surface area contributed by atoms with Crippen molar-refractivity contribution in [3.63, 3.8) is 0 Å². The van der Waals surface area contributed by atoms with E-state index in [1.54, 1.807) is 17.2 Å². The van der Waals surface area contributed by atoms with Crippen LogP contribution in [0.1, 0.15) is 19.3 Å². The van der Waals surface area contributed by atoms with Gasteiger partial charge in [-0.2, -0.15) is 0 Å². The predicted molar refractivity (Wildman–Crippen MR) is 78.9 cm³/mol. The van der Waals surface area contributed by atoms with Crippen molar-refractivity contribution in [1.82, 2.24) is 9.88 Å². The fourth-order valence-electron chi connectivity index (χ4n) is 2.35. The van der Waals surface area contributed by atoms with Crippen molar-refractivity contribution < 1.29 is 14.7 Å². The highest BCUT2D eigenvalue weighted by molar-refractivity contribution is 5.77. The minimum atomic E-state index is -0.858. The first-order valence-corrected chi connectivity index (χ1v) is 7.02. The summed E-state index contributed by atoms with van der Waals surface area (Å²) in [5.41, 5.74) is 6.56. The molecule has 1 fully saturated rings. The molecule has 0 aromatic carbocycles. The van der Waals surface area contributed by atoms with Gasteiger partial charge in [-0.05, 0) is 18.6 Å². The first kappa shape index (κ1) is 15.1. The monoisotopic (exact) mass is 292 g/mol. The van der Waals surface area contributed by atoms with Gasteiger partial charge in [0.1, 0.15) is 5.82 Å². The fraction of sp³-hybridized carbons (Fsp3) is 0.500. The van der Waals surface area contributed by atoms with Gasteiger partial charge in [-0.1, -0.05) is 0 Å². The van der Waals surface area contributed by atoms with E-state index in [0.29, 0.717) is 31.7 Å². The molecular formula is C14H20N4O3. The Kier molecular flexibility index (Phi) is 4.97. The highest BCUT2D eigenvalue weighted by Gasteiger charge is 2.21. The van der Waals surface area contributed by atoms with Crippen molar-refractivity contribution >= 4 is 23.4 Å². The molecule has 21 heavy (non-hydrogen) atoms. The van der Waals surface area contributed by atoms with Crippen molar-refractivity contribution in [3.05, 3.63) is 18.3 Å². The van der Waals surface area contributed by atoms with Gasteiger partial charge < -0.3 is 20.6 Å². The Morgan fingerprint density at radius 1 is 1.19 bits per heavy atom. The van der Waals surface area contributed by atoms with Gasteiger partial charge in [0, 0.05) is 39.0 Å². The molecule has 114 valence electrons. The Labute approximate surface area is 123 Å². The number of carboxylic acids is 1. The zero-order valence-corrected chi connectivity index (χ0v) is 11.9. The van der Waals surface area contributed by atoms with Crippen molar-refractivity contribution in [2.75, 3.05) is 36.8 Å². The number of aromatic nitrogens is 1. The number of amides is 1. The second-order valence-electron chi connectivity index (χ2n) is 5.06. The van der Waals surface area contributed by atoms with Crippen molar-refractivity contribution in [3.8, 4) is 0 Å². The highest BCUT2D eigenvalue weighted by Crippen LogP contribution is 2.16. The largest absolute Gasteiger partial charge is 0.481 e. The van der Waals surface area contributed by atoms with E-state index in [-0.39, 0.29) is 12.3 Å². The molecular weight excluding hydrogens is 272 g/mol. The van der Waals surface area contributed by atoms with Crippen molar-refractivity contribution in [2.24, 2.45) is 0 Å². The van der Waals surface area contributed by atoms with Crippen LogP contribution >= 0.6 is 0 Å². The summed E-state index contributed by atoms with van der Waals surface area (Å²) >= 11 is 0. The second kappa shape index (κ2) is 6.92. The Morgan fingerprint density at radius 3 is 2.48 bits per heavy atom. The number of piperazine rings is 1. The lowest BCUT2D eigenvalue weighted by molar-refractivity contribution is -0.137. The van der Waals surface area contributed by atoms with E-state index in [0.717, 1.165) is 18.8 Å². The third-order valence-corrected chi connectivity index (χ3v) is 3.55. The number of carbonyl (C=O) groups excluding carboxylic acids is 1.